The van der Waals surface area contributed by atoms with E-state index in [2.05, 4.69) is 21.0 Å². The number of amides is 3. The van der Waals surface area contributed by atoms with E-state index < -0.39 is 0 Å². The normalized spacial score (nSPS) is 13.8. The predicted octanol–water partition coefficient (Wildman–Crippen LogP) is 1.26. The zero-order valence-electron chi connectivity index (χ0n) is 10.0. The second-order valence-corrected chi connectivity index (χ2v) is 4.09. The summed E-state index contributed by atoms with van der Waals surface area (Å²) in [6.07, 6.45) is 2.06. The predicted molar refractivity (Wildman–Crippen MR) is 66.1 cm³/mol. The Hall–Kier alpha value is -2.08. The van der Waals surface area contributed by atoms with E-state index >= 15 is 0 Å². The second kappa shape index (κ2) is 5.50. The molecule has 1 saturated carbocycles. The number of urea groups is 1. The van der Waals surface area contributed by atoms with Crippen molar-refractivity contribution in [3.05, 3.63) is 29.8 Å². The number of nitrogens with one attached hydrogen (secondary N) is 3. The third kappa shape index (κ3) is 3.46. The summed E-state index contributed by atoms with van der Waals surface area (Å²) < 4.78 is 0. The summed E-state index contributed by atoms with van der Waals surface area (Å²) in [5.41, 5.74) is 3.20. The van der Waals surface area contributed by atoms with Crippen molar-refractivity contribution in [2.24, 2.45) is 0 Å². The van der Waals surface area contributed by atoms with E-state index in [9.17, 15) is 9.59 Å². The molecule has 18 heavy (non-hydrogen) atoms. The van der Waals surface area contributed by atoms with Gasteiger partial charge in [-0.15, -0.1) is 0 Å². The number of hydrogen-bond donors (Lipinski definition) is 3. The van der Waals surface area contributed by atoms with Crippen LogP contribution < -0.4 is 16.1 Å². The quantitative estimate of drug-likeness (QED) is 0.703. The highest BCUT2D eigenvalue weighted by atomic mass is 16.6. The van der Waals surface area contributed by atoms with Gasteiger partial charge in [-0.1, -0.05) is 6.07 Å². The molecule has 1 fully saturated rings. The Kier molecular flexibility index (Phi) is 3.78. The van der Waals surface area contributed by atoms with Crippen LogP contribution in [0.4, 0.5) is 10.5 Å². The van der Waals surface area contributed by atoms with E-state index in [0.717, 1.165) is 12.8 Å². The molecule has 0 atom stereocenters. The van der Waals surface area contributed by atoms with Gasteiger partial charge in [0.25, 0.3) is 5.91 Å². The Morgan fingerprint density at radius 2 is 2.11 bits per heavy atom. The molecule has 0 bridgehead atoms. The maximum atomic E-state index is 11.5. The molecule has 1 aliphatic carbocycles. The number of hydroxylamine groups is 1. The lowest BCUT2D eigenvalue weighted by Gasteiger charge is -2.08. The summed E-state index contributed by atoms with van der Waals surface area (Å²) in [5, 5.41) is 5.48. The number of anilines is 1. The van der Waals surface area contributed by atoms with Crippen LogP contribution in [0.3, 0.4) is 0 Å². The molecule has 1 aromatic rings. The van der Waals surface area contributed by atoms with E-state index in [1.807, 2.05) is 0 Å². The molecule has 3 N–H and O–H groups in total. The summed E-state index contributed by atoms with van der Waals surface area (Å²) in [5.74, 6) is -0.358. The van der Waals surface area contributed by atoms with Crippen molar-refractivity contribution in [3.63, 3.8) is 0 Å². The highest BCUT2D eigenvalue weighted by Crippen LogP contribution is 2.19. The van der Waals surface area contributed by atoms with Crippen LogP contribution in [0.15, 0.2) is 24.3 Å². The summed E-state index contributed by atoms with van der Waals surface area (Å²) in [7, 11) is 1.36. The Bertz CT molecular complexity index is 458. The second-order valence-electron chi connectivity index (χ2n) is 4.09. The number of rotatable bonds is 4. The first kappa shape index (κ1) is 12.4. The summed E-state index contributed by atoms with van der Waals surface area (Å²) in [6.45, 7) is 0. The van der Waals surface area contributed by atoms with Crippen molar-refractivity contribution in [1.82, 2.24) is 10.8 Å². The number of carbonyl (C=O) groups excluding carboxylic acids is 2. The number of hydrogen-bond acceptors (Lipinski definition) is 3. The molecular weight excluding hydrogens is 234 g/mol. The molecule has 96 valence electrons. The highest BCUT2D eigenvalue weighted by Gasteiger charge is 2.23. The minimum atomic E-state index is -0.358. The van der Waals surface area contributed by atoms with Crippen molar-refractivity contribution in [1.29, 1.82) is 0 Å². The fourth-order valence-electron chi connectivity index (χ4n) is 1.47. The zero-order chi connectivity index (χ0) is 13.0. The van der Waals surface area contributed by atoms with Crippen LogP contribution in [0.5, 0.6) is 0 Å². The first-order valence-corrected chi connectivity index (χ1v) is 5.70. The topological polar surface area (TPSA) is 79.5 Å². The van der Waals surface area contributed by atoms with Gasteiger partial charge in [0.05, 0.1) is 7.11 Å². The minimum absolute atomic E-state index is 0.248. The molecule has 0 unspecified atom stereocenters. The van der Waals surface area contributed by atoms with E-state index in [-0.39, 0.29) is 11.9 Å². The van der Waals surface area contributed by atoms with Gasteiger partial charge in [-0.05, 0) is 31.0 Å². The fourth-order valence-corrected chi connectivity index (χ4v) is 1.47. The van der Waals surface area contributed by atoms with Crippen molar-refractivity contribution in [3.8, 4) is 0 Å². The Morgan fingerprint density at radius 3 is 2.78 bits per heavy atom. The van der Waals surface area contributed by atoms with E-state index in [1.54, 1.807) is 24.3 Å². The molecule has 0 spiro atoms. The van der Waals surface area contributed by atoms with Crippen LogP contribution in [0.2, 0.25) is 0 Å². The zero-order valence-corrected chi connectivity index (χ0v) is 10.0. The molecule has 1 aliphatic rings. The van der Waals surface area contributed by atoms with Gasteiger partial charge < -0.3 is 10.6 Å². The van der Waals surface area contributed by atoms with Crippen molar-refractivity contribution < 1.29 is 14.4 Å². The highest BCUT2D eigenvalue weighted by molar-refractivity contribution is 5.96. The molecule has 2 rings (SSSR count). The SMILES string of the molecule is CONC(=O)c1cccc(NC(=O)NC2CC2)c1. The molecule has 0 aliphatic heterocycles. The van der Waals surface area contributed by atoms with Crippen LogP contribution in [0.1, 0.15) is 23.2 Å². The lowest BCUT2D eigenvalue weighted by molar-refractivity contribution is 0.0537. The van der Waals surface area contributed by atoms with Gasteiger partial charge in [-0.25, -0.2) is 10.3 Å². The average Bonchev–Trinajstić information content (AvgIpc) is 3.13. The van der Waals surface area contributed by atoms with Crippen LogP contribution in [-0.2, 0) is 4.84 Å². The Morgan fingerprint density at radius 1 is 1.33 bits per heavy atom. The van der Waals surface area contributed by atoms with Crippen LogP contribution in [-0.4, -0.2) is 25.1 Å². The minimum Gasteiger partial charge on any atom is -0.335 e. The summed E-state index contributed by atoms with van der Waals surface area (Å²) >= 11 is 0. The Labute approximate surface area is 105 Å². The van der Waals surface area contributed by atoms with Crippen molar-refractivity contribution >= 4 is 17.6 Å². The third-order valence-electron chi connectivity index (χ3n) is 2.49. The molecule has 1 aromatic carbocycles. The molecular formula is C12H15N3O3. The molecule has 6 heteroatoms. The molecule has 3 amide bonds. The van der Waals surface area contributed by atoms with E-state index in [4.69, 9.17) is 0 Å². The monoisotopic (exact) mass is 249 g/mol. The summed E-state index contributed by atoms with van der Waals surface area (Å²) in [6, 6.07) is 6.68. The lowest BCUT2D eigenvalue weighted by Crippen LogP contribution is -2.30. The first-order chi connectivity index (χ1) is 8.69. The van der Waals surface area contributed by atoms with Gasteiger partial charge in [0, 0.05) is 17.3 Å². The van der Waals surface area contributed by atoms with Crippen LogP contribution >= 0.6 is 0 Å². The third-order valence-corrected chi connectivity index (χ3v) is 2.49. The van der Waals surface area contributed by atoms with Crippen LogP contribution in [0.25, 0.3) is 0 Å². The van der Waals surface area contributed by atoms with Gasteiger partial charge in [-0.3, -0.25) is 9.63 Å². The van der Waals surface area contributed by atoms with E-state index in [1.165, 1.54) is 7.11 Å². The fraction of sp³-hybridized carbons (Fsp3) is 0.333. The van der Waals surface area contributed by atoms with Gasteiger partial charge in [0.2, 0.25) is 0 Å². The summed E-state index contributed by atoms with van der Waals surface area (Å²) in [4.78, 5) is 27.6. The maximum absolute atomic E-state index is 11.5. The van der Waals surface area contributed by atoms with Gasteiger partial charge in [0.1, 0.15) is 0 Å². The van der Waals surface area contributed by atoms with Crippen molar-refractivity contribution in [2.75, 3.05) is 12.4 Å². The Balaban J connectivity index is 1.97. The maximum Gasteiger partial charge on any atom is 0.319 e. The van der Waals surface area contributed by atoms with Gasteiger partial charge in [0.15, 0.2) is 0 Å². The van der Waals surface area contributed by atoms with E-state index in [0.29, 0.717) is 17.3 Å². The van der Waals surface area contributed by atoms with Crippen molar-refractivity contribution in [2.45, 2.75) is 18.9 Å². The molecule has 6 nitrogen and oxygen atoms in total. The number of benzene rings is 1. The largest absolute Gasteiger partial charge is 0.335 e. The van der Waals surface area contributed by atoms with Gasteiger partial charge >= 0.3 is 6.03 Å². The van der Waals surface area contributed by atoms with Gasteiger partial charge in [-0.2, -0.15) is 0 Å². The molecule has 0 heterocycles. The standard InChI is InChI=1S/C12H15N3O3/c1-18-15-11(16)8-3-2-4-10(7-8)14-12(17)13-9-5-6-9/h2-4,7,9H,5-6H2,1H3,(H,15,16)(H2,13,14,17). The number of carbonyl (C=O) groups is 2. The first-order valence-electron chi connectivity index (χ1n) is 5.70. The molecule has 0 aromatic heterocycles. The molecule has 0 radical (unpaired) electrons. The molecule has 0 saturated heterocycles. The smallest absolute Gasteiger partial charge is 0.319 e. The van der Waals surface area contributed by atoms with Crippen LogP contribution in [0, 0.1) is 0 Å². The average molecular weight is 249 g/mol. The lowest BCUT2D eigenvalue weighted by atomic mass is 10.2.